The van der Waals surface area contributed by atoms with E-state index in [1.165, 1.54) is 0 Å². The van der Waals surface area contributed by atoms with Gasteiger partial charge >= 0.3 is 5.97 Å². The Hall–Kier alpha value is -3.61. The van der Waals surface area contributed by atoms with Gasteiger partial charge in [0.25, 0.3) is 11.8 Å². The van der Waals surface area contributed by atoms with Crippen LogP contribution in [0.4, 0.5) is 0 Å². The normalized spacial score (nSPS) is 10.3. The van der Waals surface area contributed by atoms with Gasteiger partial charge in [0.2, 0.25) is 0 Å². The van der Waals surface area contributed by atoms with Crippen molar-refractivity contribution in [2.24, 2.45) is 0 Å². The molecule has 7 heteroatoms. The second-order valence-corrected chi connectivity index (χ2v) is 5.33. The second kappa shape index (κ2) is 10.4. The highest BCUT2D eigenvalue weighted by atomic mass is 16.5. The number of hydrogen-bond donors (Lipinski definition) is 2. The van der Waals surface area contributed by atoms with Gasteiger partial charge in [-0.15, -0.1) is 0 Å². The highest BCUT2D eigenvalue weighted by Gasteiger charge is 2.07. The average molecular weight is 368 g/mol. The first kappa shape index (κ1) is 19.7. The Morgan fingerprint density at radius 2 is 1.63 bits per heavy atom. The van der Waals surface area contributed by atoms with Crippen LogP contribution in [0.25, 0.3) is 0 Å². The Labute approximate surface area is 156 Å². The van der Waals surface area contributed by atoms with Crippen LogP contribution in [0.1, 0.15) is 22.8 Å². The molecule has 0 unspecified atom stereocenters. The van der Waals surface area contributed by atoms with Crippen LogP contribution in [0.3, 0.4) is 0 Å². The predicted octanol–water partition coefficient (Wildman–Crippen LogP) is 2.15. The summed E-state index contributed by atoms with van der Waals surface area (Å²) in [7, 11) is 0. The van der Waals surface area contributed by atoms with Gasteiger partial charge in [-0.05, 0) is 36.8 Å². The van der Waals surface area contributed by atoms with Crippen molar-refractivity contribution in [1.29, 1.82) is 0 Å². The van der Waals surface area contributed by atoms with E-state index in [9.17, 15) is 14.4 Å². The Morgan fingerprint density at radius 3 is 2.30 bits per heavy atom. The molecule has 140 valence electrons. The van der Waals surface area contributed by atoms with Crippen LogP contribution < -0.4 is 15.6 Å². The molecule has 0 saturated carbocycles. The number of hydrazine groups is 1. The van der Waals surface area contributed by atoms with E-state index in [4.69, 9.17) is 4.74 Å². The molecule has 2 rings (SSSR count). The van der Waals surface area contributed by atoms with Crippen molar-refractivity contribution in [2.75, 3.05) is 6.61 Å². The third-order valence-corrected chi connectivity index (χ3v) is 3.32. The van der Waals surface area contributed by atoms with E-state index in [-0.39, 0.29) is 6.61 Å². The van der Waals surface area contributed by atoms with E-state index >= 15 is 0 Å². The zero-order valence-corrected chi connectivity index (χ0v) is 14.8. The van der Waals surface area contributed by atoms with Crippen LogP contribution in [-0.2, 0) is 20.9 Å². The third-order valence-electron chi connectivity index (χ3n) is 3.32. The molecule has 0 bridgehead atoms. The van der Waals surface area contributed by atoms with Crippen molar-refractivity contribution >= 4 is 17.8 Å². The summed E-state index contributed by atoms with van der Waals surface area (Å²) >= 11 is 0. The van der Waals surface area contributed by atoms with Crippen molar-refractivity contribution in [2.45, 2.75) is 13.5 Å². The molecule has 2 N–H and O–H groups in total. The number of esters is 1. The predicted molar refractivity (Wildman–Crippen MR) is 98.6 cm³/mol. The Balaban J connectivity index is 1.79. The Morgan fingerprint density at radius 1 is 0.926 bits per heavy atom. The van der Waals surface area contributed by atoms with Crippen molar-refractivity contribution in [1.82, 2.24) is 10.9 Å². The first-order valence-electron chi connectivity index (χ1n) is 8.30. The molecule has 0 atom stereocenters. The van der Waals surface area contributed by atoms with Crippen molar-refractivity contribution < 1.29 is 23.9 Å². The van der Waals surface area contributed by atoms with E-state index in [2.05, 4.69) is 15.6 Å². The molecule has 0 spiro atoms. The van der Waals surface area contributed by atoms with Crippen LogP contribution in [0, 0.1) is 0 Å². The largest absolute Gasteiger partial charge is 0.489 e. The van der Waals surface area contributed by atoms with Crippen molar-refractivity contribution in [3.05, 3.63) is 77.9 Å². The van der Waals surface area contributed by atoms with Crippen LogP contribution >= 0.6 is 0 Å². The van der Waals surface area contributed by atoms with Gasteiger partial charge in [0, 0.05) is 17.7 Å². The number of rotatable bonds is 7. The summed E-state index contributed by atoms with van der Waals surface area (Å²) in [6.45, 7) is 2.30. The van der Waals surface area contributed by atoms with E-state index in [0.29, 0.717) is 17.9 Å². The quantitative estimate of drug-likeness (QED) is 0.444. The summed E-state index contributed by atoms with van der Waals surface area (Å²) in [5.74, 6) is -1.16. The summed E-state index contributed by atoms with van der Waals surface area (Å²) in [6, 6.07) is 16.2. The number of benzene rings is 2. The van der Waals surface area contributed by atoms with Gasteiger partial charge < -0.3 is 9.47 Å². The topological polar surface area (TPSA) is 93.7 Å². The van der Waals surface area contributed by atoms with Gasteiger partial charge in [0.05, 0.1) is 6.61 Å². The minimum absolute atomic E-state index is 0.215. The lowest BCUT2D eigenvalue weighted by molar-refractivity contribution is -0.137. The molecule has 0 fully saturated rings. The number of carbonyl (C=O) groups is 3. The van der Waals surface area contributed by atoms with E-state index < -0.39 is 17.8 Å². The molecule has 0 heterocycles. The average Bonchev–Trinajstić information content (AvgIpc) is 2.70. The van der Waals surface area contributed by atoms with Gasteiger partial charge in [-0.25, -0.2) is 4.79 Å². The molecule has 0 aliphatic carbocycles. The number of nitrogens with one attached hydrogen (secondary N) is 2. The smallest absolute Gasteiger partial charge is 0.330 e. The number of ether oxygens (including phenoxy) is 2. The maximum atomic E-state index is 12.0. The summed E-state index contributed by atoms with van der Waals surface area (Å²) in [4.78, 5) is 34.6. The van der Waals surface area contributed by atoms with E-state index in [1.807, 2.05) is 30.3 Å². The highest BCUT2D eigenvalue weighted by molar-refractivity contribution is 5.98. The lowest BCUT2D eigenvalue weighted by atomic mass is 10.2. The molecular weight excluding hydrogens is 348 g/mol. The maximum absolute atomic E-state index is 12.0. The fourth-order valence-electron chi connectivity index (χ4n) is 2.01. The summed E-state index contributed by atoms with van der Waals surface area (Å²) in [6.07, 6.45) is 1.95. The van der Waals surface area contributed by atoms with Crippen LogP contribution in [0.15, 0.2) is 66.7 Å². The molecule has 2 aromatic rings. The molecule has 2 aromatic carbocycles. The maximum Gasteiger partial charge on any atom is 0.330 e. The zero-order chi connectivity index (χ0) is 19.5. The lowest BCUT2D eigenvalue weighted by Crippen LogP contribution is -2.40. The van der Waals surface area contributed by atoms with Crippen LogP contribution in [0.5, 0.6) is 5.75 Å². The molecule has 0 saturated heterocycles. The minimum Gasteiger partial charge on any atom is -0.489 e. The fourth-order valence-corrected chi connectivity index (χ4v) is 2.01. The summed E-state index contributed by atoms with van der Waals surface area (Å²) in [5, 5.41) is 0. The van der Waals surface area contributed by atoms with Crippen molar-refractivity contribution in [3.63, 3.8) is 0 Å². The first-order chi connectivity index (χ1) is 13.1. The van der Waals surface area contributed by atoms with Crippen LogP contribution in [0.2, 0.25) is 0 Å². The van der Waals surface area contributed by atoms with Gasteiger partial charge in [-0.3, -0.25) is 20.4 Å². The fraction of sp³-hybridized carbons (Fsp3) is 0.150. The molecule has 0 aliphatic rings. The first-order valence-corrected chi connectivity index (χ1v) is 8.30. The second-order valence-electron chi connectivity index (χ2n) is 5.33. The molecular formula is C20H20N2O5. The van der Waals surface area contributed by atoms with Gasteiger partial charge in [0.1, 0.15) is 12.4 Å². The minimum atomic E-state index is -0.654. The number of carbonyl (C=O) groups excluding carboxylic acids is 3. The zero-order valence-electron chi connectivity index (χ0n) is 14.8. The lowest BCUT2D eigenvalue weighted by Gasteiger charge is -2.08. The van der Waals surface area contributed by atoms with Gasteiger partial charge in [0.15, 0.2) is 0 Å². The highest BCUT2D eigenvalue weighted by Crippen LogP contribution is 2.14. The van der Waals surface area contributed by atoms with Gasteiger partial charge in [-0.2, -0.15) is 0 Å². The molecule has 2 amide bonds. The molecule has 7 nitrogen and oxygen atoms in total. The number of hydrogen-bond acceptors (Lipinski definition) is 5. The molecule has 0 aliphatic heterocycles. The third kappa shape index (κ3) is 7.03. The van der Waals surface area contributed by atoms with E-state index in [0.717, 1.165) is 17.7 Å². The Kier molecular flexibility index (Phi) is 7.59. The van der Waals surface area contributed by atoms with Gasteiger partial charge in [-0.1, -0.05) is 30.3 Å². The van der Waals surface area contributed by atoms with Crippen molar-refractivity contribution in [3.8, 4) is 5.75 Å². The molecule has 27 heavy (non-hydrogen) atoms. The summed E-state index contributed by atoms with van der Waals surface area (Å²) in [5.41, 5.74) is 5.81. The van der Waals surface area contributed by atoms with Crippen LogP contribution in [-0.4, -0.2) is 24.4 Å². The number of amides is 2. The standard InChI is InChI=1S/C20H20N2O5/c1-2-26-19(24)13-12-18(23)21-22-20(25)16-8-10-17(11-9-16)27-14-15-6-4-3-5-7-15/h3-13H,2,14H2,1H3,(H,21,23)(H,22,25). The Bertz CT molecular complexity index is 801. The SMILES string of the molecule is CCOC(=O)C=CC(=O)NNC(=O)c1ccc(OCc2ccccc2)cc1. The molecule has 0 aromatic heterocycles. The summed E-state index contributed by atoms with van der Waals surface area (Å²) < 4.78 is 10.3. The van der Waals surface area contributed by atoms with E-state index in [1.54, 1.807) is 31.2 Å². The molecule has 0 radical (unpaired) electrons. The monoisotopic (exact) mass is 368 g/mol.